The van der Waals surface area contributed by atoms with Gasteiger partial charge in [0.2, 0.25) is 5.52 Å². The number of hydrogen-bond donors (Lipinski definition) is 0. The summed E-state index contributed by atoms with van der Waals surface area (Å²) in [5.41, 5.74) is 5.86. The van der Waals surface area contributed by atoms with Gasteiger partial charge in [-0.15, -0.1) is 0 Å². The molecular weight excluding hydrogens is 310 g/mol. The molecule has 1 aliphatic rings. The fourth-order valence-corrected chi connectivity index (χ4v) is 3.47. The highest BCUT2D eigenvalue weighted by atomic mass is 35.5. The average molecular weight is 325 g/mol. The summed E-state index contributed by atoms with van der Waals surface area (Å²) in [7, 11) is 0. The number of pyridine rings is 1. The van der Waals surface area contributed by atoms with Crippen molar-refractivity contribution in [2.45, 2.75) is 13.3 Å². The van der Waals surface area contributed by atoms with Crippen LogP contribution in [0.5, 0.6) is 0 Å². The molecule has 0 amide bonds. The number of rotatable bonds is 2. The van der Waals surface area contributed by atoms with Crippen molar-refractivity contribution in [2.75, 3.05) is 6.61 Å². The van der Waals surface area contributed by atoms with Gasteiger partial charge in [0.1, 0.15) is 0 Å². The van der Waals surface area contributed by atoms with E-state index in [0.29, 0.717) is 17.3 Å². The van der Waals surface area contributed by atoms with Crippen molar-refractivity contribution in [3.8, 4) is 11.1 Å². The van der Waals surface area contributed by atoms with Crippen LogP contribution in [-0.2, 0) is 11.2 Å². The molecule has 0 saturated carbocycles. The number of fused-ring (bicyclic) bond motifs is 5. The highest BCUT2D eigenvalue weighted by Gasteiger charge is 2.32. The molecule has 0 fully saturated rings. The number of carbonyl (C=O) groups is 1. The van der Waals surface area contributed by atoms with Gasteiger partial charge in [-0.05, 0) is 30.2 Å². The van der Waals surface area contributed by atoms with E-state index in [9.17, 15) is 4.79 Å². The molecule has 23 heavy (non-hydrogen) atoms. The van der Waals surface area contributed by atoms with Crippen molar-refractivity contribution in [3.63, 3.8) is 0 Å². The zero-order valence-corrected chi connectivity index (χ0v) is 13.4. The number of esters is 1. The Balaban J connectivity index is 2.08. The van der Waals surface area contributed by atoms with E-state index < -0.39 is 0 Å². The molecule has 0 atom stereocenters. The van der Waals surface area contributed by atoms with Crippen LogP contribution < -0.4 is 4.98 Å². The van der Waals surface area contributed by atoms with Crippen molar-refractivity contribution in [2.24, 2.45) is 0 Å². The Morgan fingerprint density at radius 1 is 1.26 bits per heavy atom. The van der Waals surface area contributed by atoms with Crippen LogP contribution in [0.4, 0.5) is 0 Å². The summed E-state index contributed by atoms with van der Waals surface area (Å²) >= 11 is 6.19. The van der Waals surface area contributed by atoms with Crippen LogP contribution in [0, 0.1) is 0 Å². The predicted molar refractivity (Wildman–Crippen MR) is 89.7 cm³/mol. The number of H-pyrrole nitrogens is 1. The van der Waals surface area contributed by atoms with Crippen molar-refractivity contribution in [1.82, 2.24) is 0 Å². The molecule has 2 aromatic carbocycles. The Morgan fingerprint density at radius 2 is 2.09 bits per heavy atom. The molecule has 1 heterocycles. The Morgan fingerprint density at radius 3 is 2.91 bits per heavy atom. The summed E-state index contributed by atoms with van der Waals surface area (Å²) in [5, 5.41) is 1.71. The normalized spacial score (nSPS) is 12.1. The smallest absolute Gasteiger partial charge is 0.403 e. The minimum absolute atomic E-state index is 0.312. The first-order valence-corrected chi connectivity index (χ1v) is 7.99. The van der Waals surface area contributed by atoms with Gasteiger partial charge in [0.15, 0.2) is 0 Å². The number of benzene rings is 2. The lowest BCUT2D eigenvalue weighted by Gasteiger charge is -2.07. The minimum atomic E-state index is -0.312. The Bertz CT molecular complexity index is 949. The lowest BCUT2D eigenvalue weighted by Crippen LogP contribution is -2.23. The second-order valence-corrected chi connectivity index (χ2v) is 6.03. The molecule has 0 radical (unpaired) electrons. The maximum Gasteiger partial charge on any atom is 0.403 e. The second kappa shape index (κ2) is 5.36. The highest BCUT2D eigenvalue weighted by molar-refractivity contribution is 6.31. The minimum Gasteiger partial charge on any atom is -0.458 e. The molecule has 3 aromatic rings. The van der Waals surface area contributed by atoms with Crippen molar-refractivity contribution < 1.29 is 14.5 Å². The van der Waals surface area contributed by atoms with Crippen LogP contribution in [0.25, 0.3) is 22.0 Å². The van der Waals surface area contributed by atoms with Crippen molar-refractivity contribution in [3.05, 3.63) is 64.3 Å². The van der Waals surface area contributed by atoms with Gasteiger partial charge in [0, 0.05) is 28.6 Å². The predicted octanol–water partition coefficient (Wildman–Crippen LogP) is 4.06. The van der Waals surface area contributed by atoms with Crippen LogP contribution >= 0.6 is 11.6 Å². The standard InChI is InChI=1S/C19H14ClNO2/c1-2-23-19(22)18-15-9-11-5-3-4-6-13(11)17(15)14-10-12(20)7-8-16(14)21-18/h3-8,10H,2,9H2,1H3/p+1. The third-order valence-corrected chi connectivity index (χ3v) is 4.48. The van der Waals surface area contributed by atoms with Gasteiger partial charge in [0.05, 0.1) is 12.0 Å². The number of ether oxygens (including phenoxy) is 1. The SMILES string of the molecule is CCOC(=O)c1[nH+]c2ccc(Cl)cc2c2c1Cc1ccccc1-2. The maximum absolute atomic E-state index is 12.4. The summed E-state index contributed by atoms with van der Waals surface area (Å²) in [6, 6.07) is 13.9. The summed E-state index contributed by atoms with van der Waals surface area (Å²) in [6.45, 7) is 2.17. The van der Waals surface area contributed by atoms with Crippen LogP contribution in [0.15, 0.2) is 42.5 Å². The van der Waals surface area contributed by atoms with E-state index in [2.05, 4.69) is 17.1 Å². The van der Waals surface area contributed by atoms with Gasteiger partial charge in [-0.25, -0.2) is 4.79 Å². The molecule has 1 aromatic heterocycles. The number of halogens is 1. The molecule has 0 saturated heterocycles. The van der Waals surface area contributed by atoms with E-state index in [1.807, 2.05) is 37.3 Å². The lowest BCUT2D eigenvalue weighted by molar-refractivity contribution is -0.351. The average Bonchev–Trinajstić information content (AvgIpc) is 2.94. The van der Waals surface area contributed by atoms with Crippen LogP contribution in [0.1, 0.15) is 28.5 Å². The third kappa shape index (κ3) is 2.20. The molecule has 4 heteroatoms. The number of aromatic nitrogens is 1. The Hall–Kier alpha value is -2.39. The number of aromatic amines is 1. The highest BCUT2D eigenvalue weighted by Crippen LogP contribution is 2.41. The Labute approximate surface area is 138 Å². The molecule has 4 rings (SSSR count). The van der Waals surface area contributed by atoms with E-state index in [0.717, 1.165) is 34.0 Å². The zero-order chi connectivity index (χ0) is 16.0. The molecule has 3 nitrogen and oxygen atoms in total. The van der Waals surface area contributed by atoms with E-state index >= 15 is 0 Å². The van der Waals surface area contributed by atoms with E-state index in [-0.39, 0.29) is 5.97 Å². The molecule has 114 valence electrons. The maximum atomic E-state index is 12.4. The van der Waals surface area contributed by atoms with Gasteiger partial charge >= 0.3 is 5.97 Å². The first-order chi connectivity index (χ1) is 11.2. The van der Waals surface area contributed by atoms with Crippen molar-refractivity contribution in [1.29, 1.82) is 0 Å². The van der Waals surface area contributed by atoms with Gasteiger partial charge in [-0.1, -0.05) is 35.9 Å². The zero-order valence-electron chi connectivity index (χ0n) is 12.7. The van der Waals surface area contributed by atoms with Crippen LogP contribution in [0.2, 0.25) is 5.02 Å². The van der Waals surface area contributed by atoms with E-state index in [1.54, 1.807) is 0 Å². The third-order valence-electron chi connectivity index (χ3n) is 4.25. The molecule has 0 aliphatic heterocycles. The van der Waals surface area contributed by atoms with Crippen LogP contribution in [-0.4, -0.2) is 12.6 Å². The molecule has 1 aliphatic carbocycles. The molecule has 0 spiro atoms. The van der Waals surface area contributed by atoms with E-state index in [4.69, 9.17) is 16.3 Å². The van der Waals surface area contributed by atoms with E-state index in [1.165, 1.54) is 5.56 Å². The number of nitrogens with one attached hydrogen (secondary N) is 1. The second-order valence-electron chi connectivity index (χ2n) is 5.60. The first-order valence-electron chi connectivity index (χ1n) is 7.62. The quantitative estimate of drug-likeness (QED) is 0.522. The van der Waals surface area contributed by atoms with Gasteiger partial charge in [0.25, 0.3) is 5.69 Å². The first kappa shape index (κ1) is 14.2. The van der Waals surface area contributed by atoms with Crippen LogP contribution in [0.3, 0.4) is 0 Å². The molecular formula is C19H15ClNO2+. The largest absolute Gasteiger partial charge is 0.458 e. The summed E-state index contributed by atoms with van der Waals surface area (Å²) < 4.78 is 5.23. The summed E-state index contributed by atoms with van der Waals surface area (Å²) in [6.07, 6.45) is 0.721. The monoisotopic (exact) mass is 324 g/mol. The number of hydrogen-bond acceptors (Lipinski definition) is 2. The molecule has 0 unspecified atom stereocenters. The Kier molecular flexibility index (Phi) is 3.31. The van der Waals surface area contributed by atoms with Crippen molar-refractivity contribution >= 4 is 28.5 Å². The number of carbonyl (C=O) groups excluding carboxylic acids is 1. The van der Waals surface area contributed by atoms with Gasteiger partial charge in [-0.2, -0.15) is 4.98 Å². The molecule has 0 bridgehead atoms. The van der Waals surface area contributed by atoms with Gasteiger partial charge < -0.3 is 4.74 Å². The lowest BCUT2D eigenvalue weighted by atomic mass is 9.99. The summed E-state index contributed by atoms with van der Waals surface area (Å²) in [4.78, 5) is 15.6. The van der Waals surface area contributed by atoms with Gasteiger partial charge in [-0.3, -0.25) is 0 Å². The summed E-state index contributed by atoms with van der Waals surface area (Å²) in [5.74, 6) is -0.312. The fraction of sp³-hybridized carbons (Fsp3) is 0.158. The topological polar surface area (TPSA) is 40.4 Å². The fourth-order valence-electron chi connectivity index (χ4n) is 3.30. The molecule has 1 N–H and O–H groups in total.